The molecule has 1 N–H and O–H groups in total. The third-order valence-corrected chi connectivity index (χ3v) is 4.32. The predicted molar refractivity (Wildman–Crippen MR) is 84.9 cm³/mol. The first kappa shape index (κ1) is 15.6. The van der Waals surface area contributed by atoms with E-state index in [2.05, 4.69) is 0 Å². The van der Waals surface area contributed by atoms with Gasteiger partial charge in [0.25, 0.3) is 0 Å². The molecule has 2 aromatic rings. The lowest BCUT2D eigenvalue weighted by molar-refractivity contribution is -0.141. The number of carbonyl (C=O) groups is 2. The van der Waals surface area contributed by atoms with Gasteiger partial charge in [-0.15, -0.1) is 0 Å². The van der Waals surface area contributed by atoms with Crippen molar-refractivity contribution < 1.29 is 19.1 Å². The number of fused-ring (bicyclic) bond motifs is 1. The van der Waals surface area contributed by atoms with E-state index in [1.165, 1.54) is 0 Å². The van der Waals surface area contributed by atoms with E-state index in [-0.39, 0.29) is 17.7 Å². The number of benzene rings is 1. The van der Waals surface area contributed by atoms with Crippen molar-refractivity contribution in [1.29, 1.82) is 0 Å². The summed E-state index contributed by atoms with van der Waals surface area (Å²) in [5.41, 5.74) is 0.778. The van der Waals surface area contributed by atoms with Crippen molar-refractivity contribution >= 4 is 22.8 Å². The molecule has 1 saturated heterocycles. The van der Waals surface area contributed by atoms with E-state index < -0.39 is 6.61 Å². The van der Waals surface area contributed by atoms with Crippen LogP contribution in [0, 0.1) is 0 Å². The Hall–Kier alpha value is -2.34. The van der Waals surface area contributed by atoms with Crippen molar-refractivity contribution in [1.82, 2.24) is 9.80 Å². The van der Waals surface area contributed by atoms with Crippen LogP contribution in [0.3, 0.4) is 0 Å². The van der Waals surface area contributed by atoms with Gasteiger partial charge in [0.15, 0.2) is 0 Å². The fourth-order valence-electron chi connectivity index (χ4n) is 2.89. The highest BCUT2D eigenvalue weighted by molar-refractivity contribution is 5.86. The first-order valence-corrected chi connectivity index (χ1v) is 7.76. The van der Waals surface area contributed by atoms with Crippen molar-refractivity contribution in [2.45, 2.75) is 12.8 Å². The van der Waals surface area contributed by atoms with Gasteiger partial charge in [-0.25, -0.2) is 0 Å². The number of hydrogen-bond acceptors (Lipinski definition) is 4. The molecule has 2 heterocycles. The number of carbonyl (C=O) groups excluding carboxylic acids is 2. The molecule has 1 aromatic carbocycles. The molecule has 0 aliphatic carbocycles. The topological polar surface area (TPSA) is 74.0 Å². The van der Waals surface area contributed by atoms with Crippen molar-refractivity contribution in [2.75, 3.05) is 32.8 Å². The van der Waals surface area contributed by atoms with Crippen molar-refractivity contribution in [2.24, 2.45) is 0 Å². The largest absolute Gasteiger partial charge is 0.460 e. The first-order valence-electron chi connectivity index (χ1n) is 7.76. The molecule has 1 unspecified atom stereocenters. The smallest absolute Gasteiger partial charge is 0.248 e. The van der Waals surface area contributed by atoms with Gasteiger partial charge in [0.05, 0.1) is 5.92 Å². The molecule has 1 fully saturated rings. The van der Waals surface area contributed by atoms with Crippen LogP contribution >= 0.6 is 0 Å². The molecule has 1 atom stereocenters. The van der Waals surface area contributed by atoms with Crippen LogP contribution in [0.4, 0.5) is 0 Å². The highest BCUT2D eigenvalue weighted by atomic mass is 16.3. The van der Waals surface area contributed by atoms with Gasteiger partial charge in [-0.05, 0) is 19.1 Å². The number of aliphatic hydroxyl groups excluding tert-OH is 1. The number of para-hydroxylation sites is 1. The molecule has 1 aliphatic rings. The quantitative estimate of drug-likeness (QED) is 0.923. The Balaban J connectivity index is 1.67. The van der Waals surface area contributed by atoms with Gasteiger partial charge in [-0.2, -0.15) is 0 Å². The number of aliphatic hydroxyl groups is 1. The average molecular weight is 316 g/mol. The van der Waals surface area contributed by atoms with Crippen molar-refractivity contribution in [3.8, 4) is 0 Å². The van der Waals surface area contributed by atoms with E-state index >= 15 is 0 Å². The maximum Gasteiger partial charge on any atom is 0.248 e. The Morgan fingerprint density at radius 1 is 1.17 bits per heavy atom. The second-order valence-corrected chi connectivity index (χ2v) is 5.77. The summed E-state index contributed by atoms with van der Waals surface area (Å²) < 4.78 is 5.77. The van der Waals surface area contributed by atoms with Gasteiger partial charge in [0.2, 0.25) is 11.8 Å². The molecule has 1 aliphatic heterocycles. The molecule has 0 saturated carbocycles. The summed E-state index contributed by atoms with van der Waals surface area (Å²) in [6.45, 7) is 3.23. The molecule has 2 amide bonds. The monoisotopic (exact) mass is 316 g/mol. The van der Waals surface area contributed by atoms with Gasteiger partial charge in [0, 0.05) is 31.6 Å². The normalized spacial score (nSPS) is 16.6. The second kappa shape index (κ2) is 6.42. The molecule has 6 heteroatoms. The fourth-order valence-corrected chi connectivity index (χ4v) is 2.89. The maximum absolute atomic E-state index is 12.6. The molecule has 0 radical (unpaired) electrons. The molecule has 23 heavy (non-hydrogen) atoms. The highest BCUT2D eigenvalue weighted by Crippen LogP contribution is 2.26. The van der Waals surface area contributed by atoms with Crippen LogP contribution in [0.25, 0.3) is 11.0 Å². The number of rotatable bonds is 3. The summed E-state index contributed by atoms with van der Waals surface area (Å²) in [5, 5.41) is 9.87. The number of nitrogens with zero attached hydrogens (tertiary/aromatic N) is 2. The number of furan rings is 1. The van der Waals surface area contributed by atoms with Gasteiger partial charge in [0.1, 0.15) is 18.0 Å². The number of amides is 2. The Bertz CT molecular complexity index is 683. The lowest BCUT2D eigenvalue weighted by Crippen LogP contribution is -2.52. The zero-order chi connectivity index (χ0) is 16.4. The van der Waals surface area contributed by atoms with Crippen LogP contribution in [0.2, 0.25) is 0 Å². The van der Waals surface area contributed by atoms with E-state index in [1.807, 2.05) is 37.3 Å². The van der Waals surface area contributed by atoms with Crippen LogP contribution in [-0.4, -0.2) is 59.5 Å². The molecular weight excluding hydrogens is 296 g/mol. The van der Waals surface area contributed by atoms with Crippen molar-refractivity contribution in [3.05, 3.63) is 36.1 Å². The Labute approximate surface area is 134 Å². The Morgan fingerprint density at radius 3 is 2.48 bits per heavy atom. The first-order chi connectivity index (χ1) is 11.1. The van der Waals surface area contributed by atoms with Gasteiger partial charge in [-0.3, -0.25) is 9.59 Å². The zero-order valence-corrected chi connectivity index (χ0v) is 13.1. The molecule has 122 valence electrons. The second-order valence-electron chi connectivity index (χ2n) is 5.77. The molecule has 3 rings (SSSR count). The highest BCUT2D eigenvalue weighted by Gasteiger charge is 2.28. The van der Waals surface area contributed by atoms with Crippen LogP contribution in [0.1, 0.15) is 18.6 Å². The van der Waals surface area contributed by atoms with E-state index in [0.717, 1.165) is 11.0 Å². The fraction of sp³-hybridized carbons (Fsp3) is 0.412. The lowest BCUT2D eigenvalue weighted by Gasteiger charge is -2.35. The summed E-state index contributed by atoms with van der Waals surface area (Å²) in [4.78, 5) is 27.4. The molecule has 1 aromatic heterocycles. The van der Waals surface area contributed by atoms with E-state index in [4.69, 9.17) is 9.52 Å². The summed E-state index contributed by atoms with van der Waals surface area (Å²) in [7, 11) is 0. The van der Waals surface area contributed by atoms with E-state index in [0.29, 0.717) is 31.9 Å². The third kappa shape index (κ3) is 3.07. The van der Waals surface area contributed by atoms with Crippen LogP contribution < -0.4 is 0 Å². The van der Waals surface area contributed by atoms with E-state index in [1.54, 1.807) is 9.80 Å². The summed E-state index contributed by atoms with van der Waals surface area (Å²) in [5.74, 6) is 0.00939. The summed E-state index contributed by atoms with van der Waals surface area (Å²) in [6, 6.07) is 9.59. The number of hydrogen-bond donors (Lipinski definition) is 1. The predicted octanol–water partition coefficient (Wildman–Crippen LogP) is 1.20. The zero-order valence-electron chi connectivity index (χ0n) is 13.1. The average Bonchev–Trinajstić information content (AvgIpc) is 3.04. The van der Waals surface area contributed by atoms with E-state index in [9.17, 15) is 9.59 Å². The maximum atomic E-state index is 12.6. The standard InChI is InChI=1S/C17H20N2O4/c1-12(15-10-13-4-2-3-5-14(13)23-15)17(22)19-8-6-18(7-9-19)16(21)11-20/h2-5,10,12,20H,6-9,11H2,1H3. The molecule has 0 spiro atoms. The SMILES string of the molecule is CC(C(=O)N1CCN(C(=O)CO)CC1)c1cc2ccccc2o1. The van der Waals surface area contributed by atoms with Gasteiger partial charge in [-0.1, -0.05) is 18.2 Å². The van der Waals surface area contributed by atoms with Gasteiger partial charge < -0.3 is 19.3 Å². The molecule has 0 bridgehead atoms. The number of piperazine rings is 1. The Morgan fingerprint density at radius 2 is 1.83 bits per heavy atom. The van der Waals surface area contributed by atoms with Crippen LogP contribution in [-0.2, 0) is 9.59 Å². The minimum atomic E-state index is -0.483. The summed E-state index contributed by atoms with van der Waals surface area (Å²) >= 11 is 0. The van der Waals surface area contributed by atoms with Crippen LogP contribution in [0.15, 0.2) is 34.7 Å². The third-order valence-electron chi connectivity index (χ3n) is 4.32. The minimum Gasteiger partial charge on any atom is -0.460 e. The molecule has 6 nitrogen and oxygen atoms in total. The lowest BCUT2D eigenvalue weighted by atomic mass is 10.1. The molecular formula is C17H20N2O4. The van der Waals surface area contributed by atoms with Crippen molar-refractivity contribution in [3.63, 3.8) is 0 Å². The Kier molecular flexibility index (Phi) is 4.34. The van der Waals surface area contributed by atoms with Gasteiger partial charge >= 0.3 is 0 Å². The summed E-state index contributed by atoms with van der Waals surface area (Å²) in [6.07, 6.45) is 0. The van der Waals surface area contributed by atoms with Crippen LogP contribution in [0.5, 0.6) is 0 Å². The minimum absolute atomic E-state index is 0.000142.